The molecule has 1 amide bonds. The molecule has 0 fully saturated rings. The van der Waals surface area contributed by atoms with E-state index >= 15 is 0 Å². The van der Waals surface area contributed by atoms with Gasteiger partial charge in [0.1, 0.15) is 17.9 Å². The summed E-state index contributed by atoms with van der Waals surface area (Å²) >= 11 is 0. The molecule has 0 aliphatic heterocycles. The predicted molar refractivity (Wildman–Crippen MR) is 134 cm³/mol. The Morgan fingerprint density at radius 3 is 2.53 bits per heavy atom. The van der Waals surface area contributed by atoms with Crippen LogP contribution in [0.3, 0.4) is 0 Å². The van der Waals surface area contributed by atoms with Crippen molar-refractivity contribution in [2.24, 2.45) is 5.92 Å². The highest BCUT2D eigenvalue weighted by molar-refractivity contribution is 6.09. The highest BCUT2D eigenvalue weighted by Gasteiger charge is 2.13. The van der Waals surface area contributed by atoms with Crippen LogP contribution in [0.4, 0.5) is 5.69 Å². The number of nitriles is 2. The van der Waals surface area contributed by atoms with Crippen LogP contribution in [0.1, 0.15) is 37.8 Å². The first-order chi connectivity index (χ1) is 16.5. The molecule has 0 saturated carbocycles. The Kier molecular flexibility index (Phi) is 6.80. The van der Waals surface area contributed by atoms with Gasteiger partial charge in [-0.1, -0.05) is 25.1 Å². The first-order valence-corrected chi connectivity index (χ1v) is 11.4. The van der Waals surface area contributed by atoms with Crippen molar-refractivity contribution in [1.82, 2.24) is 4.57 Å². The summed E-state index contributed by atoms with van der Waals surface area (Å²) < 4.78 is 8.01. The maximum Gasteiger partial charge on any atom is 0.224 e. The zero-order valence-corrected chi connectivity index (χ0v) is 19.3. The summed E-state index contributed by atoms with van der Waals surface area (Å²) in [6.45, 7) is 5.46. The molecule has 0 saturated heterocycles. The van der Waals surface area contributed by atoms with E-state index in [9.17, 15) is 4.79 Å². The summed E-state index contributed by atoms with van der Waals surface area (Å²) in [4.78, 5) is 12.6. The molecule has 170 valence electrons. The van der Waals surface area contributed by atoms with Crippen molar-refractivity contribution >= 4 is 33.4 Å². The van der Waals surface area contributed by atoms with Crippen LogP contribution in [0.5, 0.6) is 5.75 Å². The number of nitrogens with one attached hydrogen (secondary N) is 1. The Bertz CT molecular complexity index is 1440. The van der Waals surface area contributed by atoms with Crippen LogP contribution in [0.25, 0.3) is 21.8 Å². The minimum atomic E-state index is -0.0313. The number of aromatic nitrogens is 1. The van der Waals surface area contributed by atoms with E-state index < -0.39 is 0 Å². The van der Waals surface area contributed by atoms with Crippen LogP contribution >= 0.6 is 0 Å². The molecule has 3 aromatic carbocycles. The molecule has 4 aromatic rings. The molecule has 0 radical (unpaired) electrons. The molecule has 1 N–H and O–H groups in total. The van der Waals surface area contributed by atoms with Crippen molar-refractivity contribution in [3.05, 3.63) is 71.8 Å². The summed E-state index contributed by atoms with van der Waals surface area (Å²) in [5, 5.41) is 23.5. The lowest BCUT2D eigenvalue weighted by Crippen LogP contribution is -2.16. The topological polar surface area (TPSA) is 90.8 Å². The van der Waals surface area contributed by atoms with E-state index in [1.165, 1.54) is 10.9 Å². The van der Waals surface area contributed by atoms with Crippen LogP contribution < -0.4 is 10.1 Å². The van der Waals surface area contributed by atoms with Gasteiger partial charge in [0, 0.05) is 40.5 Å². The van der Waals surface area contributed by atoms with Gasteiger partial charge in [0.25, 0.3) is 0 Å². The highest BCUT2D eigenvalue weighted by Crippen LogP contribution is 2.31. The van der Waals surface area contributed by atoms with Crippen molar-refractivity contribution < 1.29 is 9.53 Å². The molecule has 4 rings (SSSR count). The van der Waals surface area contributed by atoms with E-state index in [1.807, 2.05) is 43.3 Å². The van der Waals surface area contributed by atoms with Gasteiger partial charge in [-0.25, -0.2) is 0 Å². The minimum absolute atomic E-state index is 0.0313. The first kappa shape index (κ1) is 22.9. The highest BCUT2D eigenvalue weighted by atomic mass is 16.5. The lowest BCUT2D eigenvalue weighted by molar-refractivity contribution is -0.117. The van der Waals surface area contributed by atoms with Gasteiger partial charge in [-0.3, -0.25) is 4.79 Å². The number of fused-ring (bicyclic) bond motifs is 3. The largest absolute Gasteiger partial charge is 0.494 e. The third-order valence-corrected chi connectivity index (χ3v) is 6.02. The number of hydrogen-bond acceptors (Lipinski definition) is 4. The number of amides is 1. The van der Waals surface area contributed by atoms with E-state index in [2.05, 4.69) is 35.0 Å². The number of hydrogen-bond donors (Lipinski definition) is 1. The minimum Gasteiger partial charge on any atom is -0.494 e. The van der Waals surface area contributed by atoms with E-state index in [1.54, 1.807) is 18.2 Å². The molecule has 0 bridgehead atoms. The number of ether oxygens (including phenoxy) is 1. The fraction of sp³-hybridized carbons (Fsp3) is 0.250. The van der Waals surface area contributed by atoms with Gasteiger partial charge in [0.15, 0.2) is 0 Å². The Morgan fingerprint density at radius 2 is 1.76 bits per heavy atom. The van der Waals surface area contributed by atoms with E-state index in [0.717, 1.165) is 23.1 Å². The number of rotatable bonds is 8. The fourth-order valence-corrected chi connectivity index (χ4v) is 4.28. The Labute approximate surface area is 199 Å². The van der Waals surface area contributed by atoms with E-state index in [-0.39, 0.29) is 11.8 Å². The van der Waals surface area contributed by atoms with Gasteiger partial charge < -0.3 is 14.6 Å². The third-order valence-electron chi connectivity index (χ3n) is 6.02. The Morgan fingerprint density at radius 1 is 1.00 bits per heavy atom. The molecule has 0 spiro atoms. The monoisotopic (exact) mass is 450 g/mol. The summed E-state index contributed by atoms with van der Waals surface area (Å²) in [5.41, 5.74) is 3.78. The fourth-order valence-electron chi connectivity index (χ4n) is 4.28. The quantitative estimate of drug-likeness (QED) is 0.357. The molecule has 6 heteroatoms. The summed E-state index contributed by atoms with van der Waals surface area (Å²) in [7, 11) is 0. The number of nitrogens with zero attached hydrogens (tertiary/aromatic N) is 3. The van der Waals surface area contributed by atoms with Crippen LogP contribution in [-0.4, -0.2) is 17.1 Å². The van der Waals surface area contributed by atoms with Gasteiger partial charge in [-0.05, 0) is 61.7 Å². The van der Waals surface area contributed by atoms with Gasteiger partial charge in [0.2, 0.25) is 5.91 Å². The second-order valence-electron chi connectivity index (χ2n) is 8.42. The molecule has 0 aliphatic carbocycles. The molecule has 6 nitrogen and oxygen atoms in total. The smallest absolute Gasteiger partial charge is 0.224 e. The van der Waals surface area contributed by atoms with Crippen LogP contribution in [0.15, 0.2) is 60.7 Å². The molecule has 1 atom stereocenters. The second-order valence-corrected chi connectivity index (χ2v) is 8.42. The van der Waals surface area contributed by atoms with Crippen molar-refractivity contribution in [2.45, 2.75) is 33.2 Å². The second kappa shape index (κ2) is 10.1. The number of aryl methyl sites for hydroxylation is 1. The van der Waals surface area contributed by atoms with Gasteiger partial charge >= 0.3 is 0 Å². The molecule has 1 heterocycles. The van der Waals surface area contributed by atoms with Crippen molar-refractivity contribution in [3.8, 4) is 17.9 Å². The van der Waals surface area contributed by atoms with Crippen molar-refractivity contribution in [3.63, 3.8) is 0 Å². The zero-order valence-electron chi connectivity index (χ0n) is 19.3. The molecular formula is C28H26N4O2. The van der Waals surface area contributed by atoms with Crippen LogP contribution in [0, 0.1) is 28.6 Å². The number of carbonyl (C=O) groups is 1. The molecule has 1 unspecified atom stereocenters. The number of benzene rings is 3. The number of carbonyl (C=O) groups excluding carboxylic acids is 1. The molecule has 34 heavy (non-hydrogen) atoms. The first-order valence-electron chi connectivity index (χ1n) is 11.4. The Hall–Kier alpha value is -4.29. The SMILES string of the molecule is CCn1c2ccccc2c2cc(NC(=O)CC(C)CCOc3ccc(C#N)c(C#N)c3)ccc21. The average Bonchev–Trinajstić information content (AvgIpc) is 3.16. The zero-order chi connectivity index (χ0) is 24.1. The Balaban J connectivity index is 1.35. The van der Waals surface area contributed by atoms with Crippen molar-refractivity contribution in [1.29, 1.82) is 10.5 Å². The van der Waals surface area contributed by atoms with Gasteiger partial charge in [-0.15, -0.1) is 0 Å². The maximum atomic E-state index is 12.6. The normalized spacial score (nSPS) is 11.6. The summed E-state index contributed by atoms with van der Waals surface area (Å²) in [6.07, 6.45) is 1.08. The number of anilines is 1. The maximum absolute atomic E-state index is 12.6. The van der Waals surface area contributed by atoms with Crippen LogP contribution in [0.2, 0.25) is 0 Å². The van der Waals surface area contributed by atoms with Crippen molar-refractivity contribution in [2.75, 3.05) is 11.9 Å². The lowest BCUT2D eigenvalue weighted by atomic mass is 10.0. The third kappa shape index (κ3) is 4.72. The summed E-state index contributed by atoms with van der Waals surface area (Å²) in [6, 6.07) is 23.2. The lowest BCUT2D eigenvalue weighted by Gasteiger charge is -2.13. The van der Waals surface area contributed by atoms with E-state index in [0.29, 0.717) is 36.3 Å². The molecular weight excluding hydrogens is 424 g/mol. The summed E-state index contributed by atoms with van der Waals surface area (Å²) in [5.74, 6) is 0.641. The van der Waals surface area contributed by atoms with Crippen LogP contribution in [-0.2, 0) is 11.3 Å². The molecule has 0 aliphatic rings. The predicted octanol–water partition coefficient (Wildman–Crippen LogP) is 5.99. The molecule has 1 aromatic heterocycles. The van der Waals surface area contributed by atoms with Gasteiger partial charge in [0.05, 0.1) is 17.7 Å². The number of para-hydroxylation sites is 1. The average molecular weight is 451 g/mol. The van der Waals surface area contributed by atoms with Gasteiger partial charge in [-0.2, -0.15) is 10.5 Å². The standard InChI is InChI=1S/C28H26N4O2/c1-3-32-26-7-5-4-6-24(26)25-16-22(9-11-27(25)32)31-28(33)14-19(2)12-13-34-23-10-8-20(17-29)21(15-23)18-30/h4-11,15-16,19H,3,12-14H2,1-2H3,(H,31,33). The van der Waals surface area contributed by atoms with E-state index in [4.69, 9.17) is 15.3 Å².